The molecule has 0 atom stereocenters. The van der Waals surface area contributed by atoms with Crippen LogP contribution >= 0.6 is 11.6 Å². The second-order valence-corrected chi connectivity index (χ2v) is 6.89. The fraction of sp³-hybridized carbons (Fsp3) is 0.214. The first-order valence-corrected chi connectivity index (χ1v) is 8.04. The number of aromatic nitrogens is 1. The minimum atomic E-state index is -3.83. The molecule has 0 unspecified atom stereocenters. The zero-order valence-electron chi connectivity index (χ0n) is 11.3. The molecule has 112 valence electrons. The lowest BCUT2D eigenvalue weighted by molar-refractivity contribution is 0.470. The number of likely N-dealkylation sites (N-methyl/N-ethyl adjacent to an activating group) is 1. The monoisotopic (exact) mass is 328 g/mol. The molecule has 0 spiro atoms. The van der Waals surface area contributed by atoms with E-state index in [2.05, 4.69) is 4.98 Å². The molecule has 0 aliphatic rings. The molecule has 2 aromatic rings. The summed E-state index contributed by atoms with van der Waals surface area (Å²) in [5.74, 6) is -0.642. The van der Waals surface area contributed by atoms with Crippen LogP contribution in [0.5, 0.6) is 0 Å². The predicted molar refractivity (Wildman–Crippen MR) is 79.2 cm³/mol. The van der Waals surface area contributed by atoms with Gasteiger partial charge in [-0.3, -0.25) is 4.98 Å². The maximum Gasteiger partial charge on any atom is 0.244 e. The molecule has 0 N–H and O–H groups in total. The third-order valence-corrected chi connectivity index (χ3v) is 5.33. The zero-order valence-corrected chi connectivity index (χ0v) is 12.9. The van der Waals surface area contributed by atoms with Crippen molar-refractivity contribution in [1.29, 1.82) is 0 Å². The highest BCUT2D eigenvalue weighted by molar-refractivity contribution is 7.89. The molecule has 1 aromatic carbocycles. The van der Waals surface area contributed by atoms with Crippen LogP contribution in [0.25, 0.3) is 0 Å². The summed E-state index contributed by atoms with van der Waals surface area (Å²) in [7, 11) is -2.40. The standard InChI is InChI=1S/C14H14ClFN2O2S/c1-18(9-7-12-4-2-3-8-17-12)21(19,20)14-10-11(16)5-6-13(14)15/h2-6,8,10H,7,9H2,1H3. The van der Waals surface area contributed by atoms with Gasteiger partial charge in [0.15, 0.2) is 0 Å². The second-order valence-electron chi connectivity index (χ2n) is 4.47. The highest BCUT2D eigenvalue weighted by Gasteiger charge is 2.24. The predicted octanol–water partition coefficient (Wildman–Crippen LogP) is 2.74. The number of hydrogen-bond acceptors (Lipinski definition) is 3. The average molecular weight is 329 g/mol. The van der Waals surface area contributed by atoms with E-state index in [4.69, 9.17) is 11.6 Å². The fourth-order valence-corrected chi connectivity index (χ4v) is 3.43. The van der Waals surface area contributed by atoms with Crippen LogP contribution in [0.4, 0.5) is 4.39 Å². The van der Waals surface area contributed by atoms with Crippen molar-refractivity contribution in [2.45, 2.75) is 11.3 Å². The number of sulfonamides is 1. The molecule has 2 rings (SSSR count). The molecule has 0 saturated heterocycles. The molecule has 0 fully saturated rings. The maximum absolute atomic E-state index is 13.2. The Morgan fingerprint density at radius 3 is 2.71 bits per heavy atom. The van der Waals surface area contributed by atoms with Crippen molar-refractivity contribution in [2.24, 2.45) is 0 Å². The molecule has 0 radical (unpaired) electrons. The molecule has 4 nitrogen and oxygen atoms in total. The van der Waals surface area contributed by atoms with Crippen molar-refractivity contribution in [3.05, 3.63) is 59.1 Å². The third kappa shape index (κ3) is 3.78. The van der Waals surface area contributed by atoms with E-state index in [1.54, 1.807) is 12.3 Å². The van der Waals surface area contributed by atoms with Gasteiger partial charge in [-0.25, -0.2) is 17.1 Å². The van der Waals surface area contributed by atoms with E-state index in [1.165, 1.54) is 13.1 Å². The van der Waals surface area contributed by atoms with E-state index in [-0.39, 0.29) is 16.5 Å². The number of nitrogens with zero attached hydrogens (tertiary/aromatic N) is 2. The minimum Gasteiger partial charge on any atom is -0.261 e. The molecule has 1 aromatic heterocycles. The largest absolute Gasteiger partial charge is 0.261 e. The van der Waals surface area contributed by atoms with Gasteiger partial charge >= 0.3 is 0 Å². The Hall–Kier alpha value is -1.50. The number of benzene rings is 1. The Morgan fingerprint density at radius 2 is 2.05 bits per heavy atom. The molecule has 1 heterocycles. The van der Waals surface area contributed by atoms with Gasteiger partial charge in [-0.2, -0.15) is 0 Å². The van der Waals surface area contributed by atoms with Crippen LogP contribution in [0.3, 0.4) is 0 Å². The van der Waals surface area contributed by atoms with Crippen molar-refractivity contribution in [3.63, 3.8) is 0 Å². The van der Waals surface area contributed by atoms with E-state index in [9.17, 15) is 12.8 Å². The Balaban J connectivity index is 2.17. The lowest BCUT2D eigenvalue weighted by Crippen LogP contribution is -2.29. The second kappa shape index (κ2) is 6.51. The van der Waals surface area contributed by atoms with Crippen molar-refractivity contribution < 1.29 is 12.8 Å². The van der Waals surface area contributed by atoms with Crippen molar-refractivity contribution in [2.75, 3.05) is 13.6 Å². The Labute approximate surface area is 128 Å². The first-order valence-electron chi connectivity index (χ1n) is 6.22. The van der Waals surface area contributed by atoms with Gasteiger partial charge in [0, 0.05) is 31.9 Å². The van der Waals surface area contributed by atoms with E-state index in [1.807, 2.05) is 12.1 Å². The molecule has 21 heavy (non-hydrogen) atoms. The maximum atomic E-state index is 13.2. The van der Waals surface area contributed by atoms with E-state index < -0.39 is 15.8 Å². The summed E-state index contributed by atoms with van der Waals surface area (Å²) in [5.41, 5.74) is 0.782. The first kappa shape index (κ1) is 15.9. The molecule has 0 amide bonds. The van der Waals surface area contributed by atoms with Crippen LogP contribution in [-0.2, 0) is 16.4 Å². The van der Waals surface area contributed by atoms with Gasteiger partial charge in [-0.05, 0) is 30.3 Å². The lowest BCUT2D eigenvalue weighted by atomic mass is 10.3. The minimum absolute atomic E-state index is 0.00101. The molecule has 0 saturated carbocycles. The quantitative estimate of drug-likeness (QED) is 0.848. The van der Waals surface area contributed by atoms with E-state index in [0.29, 0.717) is 6.42 Å². The highest BCUT2D eigenvalue weighted by Crippen LogP contribution is 2.24. The summed E-state index contributed by atoms with van der Waals surface area (Å²) < 4.78 is 39.1. The molecule has 0 aliphatic carbocycles. The summed E-state index contributed by atoms with van der Waals surface area (Å²) in [6.45, 7) is 0.228. The molecule has 0 aliphatic heterocycles. The number of rotatable bonds is 5. The molecular weight excluding hydrogens is 315 g/mol. The van der Waals surface area contributed by atoms with Gasteiger partial charge in [0.25, 0.3) is 0 Å². The smallest absolute Gasteiger partial charge is 0.244 e. The number of halogens is 2. The molecule has 0 bridgehead atoms. The first-order chi connectivity index (χ1) is 9.91. The van der Waals surface area contributed by atoms with Crippen LogP contribution in [-0.4, -0.2) is 31.3 Å². The van der Waals surface area contributed by atoms with Gasteiger partial charge in [0.2, 0.25) is 10.0 Å². The van der Waals surface area contributed by atoms with Crippen molar-refractivity contribution >= 4 is 21.6 Å². The summed E-state index contributed by atoms with van der Waals surface area (Å²) in [4.78, 5) is 3.90. The zero-order chi connectivity index (χ0) is 15.5. The van der Waals surface area contributed by atoms with E-state index in [0.717, 1.165) is 22.1 Å². The average Bonchev–Trinajstić information content (AvgIpc) is 2.48. The molecular formula is C14H14ClFN2O2S. The summed E-state index contributed by atoms with van der Waals surface area (Å²) in [5, 5.41) is 0.00101. The lowest BCUT2D eigenvalue weighted by Gasteiger charge is -2.17. The van der Waals surface area contributed by atoms with Gasteiger partial charge in [0.1, 0.15) is 10.7 Å². The van der Waals surface area contributed by atoms with Crippen molar-refractivity contribution in [1.82, 2.24) is 9.29 Å². The fourth-order valence-electron chi connectivity index (χ4n) is 1.78. The summed E-state index contributed by atoms with van der Waals surface area (Å²) in [6, 6.07) is 8.72. The summed E-state index contributed by atoms with van der Waals surface area (Å²) >= 11 is 5.86. The van der Waals surface area contributed by atoms with Gasteiger partial charge < -0.3 is 0 Å². The Morgan fingerprint density at radius 1 is 1.29 bits per heavy atom. The van der Waals surface area contributed by atoms with Gasteiger partial charge in [-0.15, -0.1) is 0 Å². The molecule has 7 heteroatoms. The highest BCUT2D eigenvalue weighted by atomic mass is 35.5. The topological polar surface area (TPSA) is 50.3 Å². The van der Waals surface area contributed by atoms with Crippen LogP contribution in [0, 0.1) is 5.82 Å². The normalized spacial score (nSPS) is 11.8. The number of hydrogen-bond donors (Lipinski definition) is 0. The van der Waals surface area contributed by atoms with Crippen LogP contribution in [0.2, 0.25) is 5.02 Å². The van der Waals surface area contributed by atoms with E-state index >= 15 is 0 Å². The SMILES string of the molecule is CN(CCc1ccccn1)S(=O)(=O)c1cc(F)ccc1Cl. The summed E-state index contributed by atoms with van der Waals surface area (Å²) in [6.07, 6.45) is 2.11. The number of pyridine rings is 1. The van der Waals surface area contributed by atoms with Gasteiger partial charge in [0.05, 0.1) is 5.02 Å². The Bertz CT molecular complexity index is 723. The van der Waals surface area contributed by atoms with Crippen LogP contribution in [0.15, 0.2) is 47.5 Å². The van der Waals surface area contributed by atoms with Crippen LogP contribution in [0.1, 0.15) is 5.69 Å². The van der Waals surface area contributed by atoms with Gasteiger partial charge in [-0.1, -0.05) is 17.7 Å². The third-order valence-electron chi connectivity index (χ3n) is 2.99. The van der Waals surface area contributed by atoms with Crippen LogP contribution < -0.4 is 0 Å². The van der Waals surface area contributed by atoms with Crippen molar-refractivity contribution in [3.8, 4) is 0 Å². The Kier molecular flexibility index (Phi) is 4.92.